The maximum absolute atomic E-state index is 5.87. The molecule has 1 aliphatic heterocycles. The first-order valence-corrected chi connectivity index (χ1v) is 10.1. The average molecular weight is 367 g/mol. The van der Waals surface area contributed by atoms with Crippen molar-refractivity contribution in [1.29, 1.82) is 0 Å². The van der Waals surface area contributed by atoms with Crippen molar-refractivity contribution in [2.75, 3.05) is 26.2 Å². The normalized spacial score (nSPS) is 22.9. The highest BCUT2D eigenvalue weighted by molar-refractivity contribution is 7.11. The fraction of sp³-hybridized carbons (Fsp3) is 0.737. The lowest BCUT2D eigenvalue weighted by molar-refractivity contribution is -0.0946. The van der Waals surface area contributed by atoms with Crippen molar-refractivity contribution in [1.82, 2.24) is 15.5 Å². The van der Waals surface area contributed by atoms with Crippen LogP contribution in [0.15, 0.2) is 17.1 Å². The molecule has 1 saturated heterocycles. The summed E-state index contributed by atoms with van der Waals surface area (Å²) in [5.41, 5.74) is 0.0437. The van der Waals surface area contributed by atoms with E-state index < -0.39 is 0 Å². The minimum atomic E-state index is 0.0437. The fourth-order valence-electron chi connectivity index (χ4n) is 3.15. The van der Waals surface area contributed by atoms with Crippen molar-refractivity contribution in [2.45, 2.75) is 65.8 Å². The number of rotatable bonds is 6. The maximum Gasteiger partial charge on any atom is 0.191 e. The summed E-state index contributed by atoms with van der Waals surface area (Å²) in [7, 11) is 0. The largest absolute Gasteiger partial charge is 0.373 e. The second-order valence-electron chi connectivity index (χ2n) is 7.54. The van der Waals surface area contributed by atoms with E-state index in [2.05, 4.69) is 69.2 Å². The standard InChI is InChI=1S/C19H34N4OS/c1-7-20-18(21-10-17-9-8-16(4)25-17)22-13-19(5,6)23-11-14(2)24-15(3)12-23/h8-9,14-15H,7,10-13H2,1-6H3,(H2,20,21,22). The lowest BCUT2D eigenvalue weighted by Crippen LogP contribution is -2.59. The zero-order chi connectivity index (χ0) is 18.4. The van der Waals surface area contributed by atoms with E-state index in [1.54, 1.807) is 0 Å². The van der Waals surface area contributed by atoms with Gasteiger partial charge in [-0.05, 0) is 53.7 Å². The molecule has 2 heterocycles. The number of aliphatic imine (C=N–C) groups is 1. The molecule has 1 aliphatic rings. The first kappa shape index (κ1) is 20.2. The topological polar surface area (TPSA) is 48.9 Å². The average Bonchev–Trinajstić information content (AvgIpc) is 2.95. The van der Waals surface area contributed by atoms with Crippen molar-refractivity contribution < 1.29 is 4.74 Å². The van der Waals surface area contributed by atoms with E-state index in [4.69, 9.17) is 9.73 Å². The summed E-state index contributed by atoms with van der Waals surface area (Å²) < 4.78 is 5.87. The number of ether oxygens (including phenoxy) is 1. The van der Waals surface area contributed by atoms with Gasteiger partial charge < -0.3 is 15.4 Å². The smallest absolute Gasteiger partial charge is 0.191 e. The number of hydrogen-bond donors (Lipinski definition) is 2. The van der Waals surface area contributed by atoms with E-state index >= 15 is 0 Å². The number of hydrogen-bond acceptors (Lipinski definition) is 4. The van der Waals surface area contributed by atoms with Crippen molar-refractivity contribution in [3.63, 3.8) is 0 Å². The molecule has 5 nitrogen and oxygen atoms in total. The summed E-state index contributed by atoms with van der Waals surface area (Å²) in [5, 5.41) is 6.88. The highest BCUT2D eigenvalue weighted by Gasteiger charge is 2.33. The van der Waals surface area contributed by atoms with E-state index in [9.17, 15) is 0 Å². The van der Waals surface area contributed by atoms with Crippen LogP contribution in [-0.4, -0.2) is 54.8 Å². The third kappa shape index (κ3) is 6.28. The SMILES string of the molecule is CCNC(=NCc1ccc(C)s1)NCC(C)(C)N1CC(C)OC(C)C1. The van der Waals surface area contributed by atoms with E-state index in [1.165, 1.54) is 9.75 Å². The molecular formula is C19H34N4OS. The molecule has 0 bridgehead atoms. The van der Waals surface area contributed by atoms with Gasteiger partial charge in [-0.2, -0.15) is 0 Å². The van der Waals surface area contributed by atoms with Gasteiger partial charge in [-0.15, -0.1) is 11.3 Å². The third-order valence-corrected chi connectivity index (χ3v) is 5.48. The molecule has 2 rings (SSSR count). The monoisotopic (exact) mass is 366 g/mol. The molecule has 25 heavy (non-hydrogen) atoms. The van der Waals surface area contributed by atoms with E-state index in [-0.39, 0.29) is 17.7 Å². The van der Waals surface area contributed by atoms with Crippen LogP contribution < -0.4 is 10.6 Å². The maximum atomic E-state index is 5.87. The number of thiophene rings is 1. The van der Waals surface area contributed by atoms with Gasteiger partial charge in [0, 0.05) is 41.5 Å². The first-order chi connectivity index (χ1) is 11.8. The summed E-state index contributed by atoms with van der Waals surface area (Å²) in [4.78, 5) is 9.88. The van der Waals surface area contributed by atoms with Gasteiger partial charge in [0.05, 0.1) is 18.8 Å². The molecule has 0 aliphatic carbocycles. The zero-order valence-corrected chi connectivity index (χ0v) is 17.4. The van der Waals surface area contributed by atoms with Crippen LogP contribution in [-0.2, 0) is 11.3 Å². The number of nitrogens with zero attached hydrogens (tertiary/aromatic N) is 2. The fourth-order valence-corrected chi connectivity index (χ4v) is 3.97. The molecule has 0 spiro atoms. The van der Waals surface area contributed by atoms with Gasteiger partial charge in [0.25, 0.3) is 0 Å². The lowest BCUT2D eigenvalue weighted by Gasteiger charge is -2.45. The van der Waals surface area contributed by atoms with Gasteiger partial charge in [-0.1, -0.05) is 0 Å². The van der Waals surface area contributed by atoms with Gasteiger partial charge in [0.15, 0.2) is 5.96 Å². The molecule has 0 aromatic carbocycles. The summed E-state index contributed by atoms with van der Waals surface area (Å²) in [5.74, 6) is 0.885. The molecule has 6 heteroatoms. The van der Waals surface area contributed by atoms with Crippen molar-refractivity contribution in [3.05, 3.63) is 21.9 Å². The molecule has 0 amide bonds. The van der Waals surface area contributed by atoms with Crippen LogP contribution in [0.5, 0.6) is 0 Å². The number of guanidine groups is 1. The Morgan fingerprint density at radius 2 is 1.96 bits per heavy atom. The van der Waals surface area contributed by atoms with Crippen LogP contribution in [0, 0.1) is 6.92 Å². The Hall–Kier alpha value is -1.11. The molecule has 2 atom stereocenters. The molecule has 1 aromatic rings. The lowest BCUT2D eigenvalue weighted by atomic mass is 10.00. The zero-order valence-electron chi connectivity index (χ0n) is 16.6. The number of nitrogens with one attached hydrogen (secondary N) is 2. The summed E-state index contributed by atoms with van der Waals surface area (Å²) in [6, 6.07) is 4.31. The molecule has 0 saturated carbocycles. The van der Waals surface area contributed by atoms with Crippen LogP contribution in [0.4, 0.5) is 0 Å². The summed E-state index contributed by atoms with van der Waals surface area (Å²) >= 11 is 1.81. The Kier molecular flexibility index (Phi) is 7.28. The quantitative estimate of drug-likeness (QED) is 0.600. The number of morpholine rings is 1. The predicted octanol–water partition coefficient (Wildman–Crippen LogP) is 3.00. The van der Waals surface area contributed by atoms with Crippen molar-refractivity contribution >= 4 is 17.3 Å². The highest BCUT2D eigenvalue weighted by Crippen LogP contribution is 2.20. The summed E-state index contributed by atoms with van der Waals surface area (Å²) in [6.45, 7) is 17.5. The first-order valence-electron chi connectivity index (χ1n) is 9.28. The van der Waals surface area contributed by atoms with E-state index in [1.807, 2.05) is 11.3 Å². The Bertz CT molecular complexity index is 560. The number of aryl methyl sites for hydroxylation is 1. The van der Waals surface area contributed by atoms with Gasteiger partial charge in [0.2, 0.25) is 0 Å². The summed E-state index contributed by atoms with van der Waals surface area (Å²) in [6.07, 6.45) is 0.569. The minimum Gasteiger partial charge on any atom is -0.373 e. The Morgan fingerprint density at radius 1 is 1.28 bits per heavy atom. The van der Waals surface area contributed by atoms with Crippen LogP contribution in [0.1, 0.15) is 44.4 Å². The van der Waals surface area contributed by atoms with Gasteiger partial charge in [-0.3, -0.25) is 4.90 Å². The molecule has 0 radical (unpaired) electrons. The third-order valence-electron chi connectivity index (χ3n) is 4.50. The molecule has 1 aromatic heterocycles. The van der Waals surface area contributed by atoms with Crippen LogP contribution in [0.25, 0.3) is 0 Å². The molecular weight excluding hydrogens is 332 g/mol. The van der Waals surface area contributed by atoms with Gasteiger partial charge in [-0.25, -0.2) is 4.99 Å². The molecule has 142 valence electrons. The van der Waals surface area contributed by atoms with Crippen LogP contribution >= 0.6 is 11.3 Å². The van der Waals surface area contributed by atoms with Gasteiger partial charge in [0.1, 0.15) is 0 Å². The highest BCUT2D eigenvalue weighted by atomic mass is 32.1. The molecule has 2 N–H and O–H groups in total. The van der Waals surface area contributed by atoms with E-state index in [0.717, 1.165) is 38.7 Å². The molecule has 2 unspecified atom stereocenters. The van der Waals surface area contributed by atoms with Crippen LogP contribution in [0.3, 0.4) is 0 Å². The Labute approximate surface area is 156 Å². The van der Waals surface area contributed by atoms with Crippen LogP contribution in [0.2, 0.25) is 0 Å². The van der Waals surface area contributed by atoms with Gasteiger partial charge >= 0.3 is 0 Å². The van der Waals surface area contributed by atoms with E-state index in [0.29, 0.717) is 0 Å². The minimum absolute atomic E-state index is 0.0437. The second kappa shape index (κ2) is 9.01. The molecule has 1 fully saturated rings. The second-order valence-corrected chi connectivity index (χ2v) is 8.91. The Morgan fingerprint density at radius 3 is 2.52 bits per heavy atom. The van der Waals surface area contributed by atoms with Crippen molar-refractivity contribution in [2.24, 2.45) is 4.99 Å². The Balaban J connectivity index is 1.94. The predicted molar refractivity (Wildman–Crippen MR) is 108 cm³/mol. The van der Waals surface area contributed by atoms with Crippen molar-refractivity contribution in [3.8, 4) is 0 Å².